The number of aryl methyl sites for hydroxylation is 3. The summed E-state index contributed by atoms with van der Waals surface area (Å²) < 4.78 is 5.12. The van der Waals surface area contributed by atoms with Crippen LogP contribution in [0.3, 0.4) is 0 Å². The second-order valence-electron chi connectivity index (χ2n) is 7.74. The number of benzene rings is 1. The van der Waals surface area contributed by atoms with Crippen molar-refractivity contribution in [2.75, 3.05) is 44.6 Å². The van der Waals surface area contributed by atoms with Gasteiger partial charge < -0.3 is 15.0 Å². The van der Waals surface area contributed by atoms with Gasteiger partial charge in [0.05, 0.1) is 12.1 Å². The number of aromatic nitrogens is 1. The summed E-state index contributed by atoms with van der Waals surface area (Å²) in [6.07, 6.45) is 1.43. The summed E-state index contributed by atoms with van der Waals surface area (Å²) in [7, 11) is 0. The molecule has 1 aromatic heterocycles. The van der Waals surface area contributed by atoms with Crippen LogP contribution in [0.4, 0.5) is 5.69 Å². The van der Waals surface area contributed by atoms with Crippen LogP contribution in [0.15, 0.2) is 36.5 Å². The average molecular weight is 425 g/mol. The Morgan fingerprint density at radius 2 is 1.68 bits per heavy atom. The predicted molar refractivity (Wildman–Crippen MR) is 117 cm³/mol. The molecule has 0 radical (unpaired) electrons. The summed E-state index contributed by atoms with van der Waals surface area (Å²) in [6.45, 7) is 7.86. The minimum Gasteiger partial charge on any atom is -0.452 e. The van der Waals surface area contributed by atoms with Crippen molar-refractivity contribution in [1.82, 2.24) is 14.8 Å². The lowest BCUT2D eigenvalue weighted by Gasteiger charge is -2.34. The van der Waals surface area contributed by atoms with Gasteiger partial charge in [0.2, 0.25) is 5.91 Å². The van der Waals surface area contributed by atoms with E-state index in [2.05, 4.69) is 10.3 Å². The molecule has 1 N–H and O–H groups in total. The summed E-state index contributed by atoms with van der Waals surface area (Å²) >= 11 is 0. The summed E-state index contributed by atoms with van der Waals surface area (Å²) in [4.78, 5) is 44.5. The van der Waals surface area contributed by atoms with Crippen molar-refractivity contribution in [1.29, 1.82) is 0 Å². The van der Waals surface area contributed by atoms with Crippen molar-refractivity contribution >= 4 is 23.5 Å². The molecule has 1 fully saturated rings. The fourth-order valence-corrected chi connectivity index (χ4v) is 3.44. The molecule has 1 saturated heterocycles. The molecule has 8 heteroatoms. The van der Waals surface area contributed by atoms with Gasteiger partial charge in [-0.1, -0.05) is 18.2 Å². The highest BCUT2D eigenvalue weighted by atomic mass is 16.5. The molecule has 0 aliphatic carbocycles. The quantitative estimate of drug-likeness (QED) is 0.713. The predicted octanol–water partition coefficient (Wildman–Crippen LogP) is 1.95. The highest BCUT2D eigenvalue weighted by Crippen LogP contribution is 2.19. The smallest absolute Gasteiger partial charge is 0.340 e. The molecule has 164 valence electrons. The first kappa shape index (κ1) is 22.4. The first-order valence-corrected chi connectivity index (χ1v) is 10.3. The lowest BCUT2D eigenvalue weighted by atomic mass is 10.1. The third-order valence-electron chi connectivity index (χ3n) is 5.31. The number of rotatable bonds is 6. The van der Waals surface area contributed by atoms with Crippen LogP contribution in [0.2, 0.25) is 0 Å². The minimum absolute atomic E-state index is 0.0715. The van der Waals surface area contributed by atoms with E-state index in [1.165, 1.54) is 6.20 Å². The zero-order chi connectivity index (χ0) is 22.4. The van der Waals surface area contributed by atoms with E-state index in [1.54, 1.807) is 17.0 Å². The van der Waals surface area contributed by atoms with Crippen molar-refractivity contribution in [3.63, 3.8) is 0 Å². The zero-order valence-corrected chi connectivity index (χ0v) is 18.2. The van der Waals surface area contributed by atoms with Gasteiger partial charge in [-0.05, 0) is 44.0 Å². The van der Waals surface area contributed by atoms with E-state index in [-0.39, 0.29) is 25.0 Å². The van der Waals surface area contributed by atoms with Crippen LogP contribution in [-0.4, -0.2) is 71.9 Å². The standard InChI is InChI=1S/C23H28N4O4/c1-16-5-4-6-17(2)22(16)25-20(28)14-26-9-11-27(12-10-26)21(29)15-31-23(30)19-8-7-18(3)24-13-19/h4-8,13H,9-12,14-15H2,1-3H3,(H,25,28). The molecule has 1 aliphatic heterocycles. The molecule has 0 unspecified atom stereocenters. The number of hydrogen-bond acceptors (Lipinski definition) is 6. The molecular formula is C23H28N4O4. The molecule has 0 bridgehead atoms. The normalized spacial score (nSPS) is 14.2. The third-order valence-corrected chi connectivity index (χ3v) is 5.31. The number of nitrogens with zero attached hydrogens (tertiary/aromatic N) is 3. The number of carbonyl (C=O) groups is 3. The first-order valence-electron chi connectivity index (χ1n) is 10.3. The van der Waals surface area contributed by atoms with Crippen molar-refractivity contribution in [3.05, 3.63) is 58.9 Å². The minimum atomic E-state index is -0.567. The lowest BCUT2D eigenvalue weighted by Crippen LogP contribution is -2.51. The van der Waals surface area contributed by atoms with Gasteiger partial charge in [-0.2, -0.15) is 0 Å². The Morgan fingerprint density at radius 1 is 1.00 bits per heavy atom. The highest BCUT2D eigenvalue weighted by molar-refractivity contribution is 5.94. The maximum Gasteiger partial charge on any atom is 0.340 e. The number of hydrogen-bond donors (Lipinski definition) is 1. The number of para-hydroxylation sites is 1. The SMILES string of the molecule is Cc1ccc(C(=O)OCC(=O)N2CCN(CC(=O)Nc3c(C)cccc3C)CC2)cn1. The van der Waals surface area contributed by atoms with E-state index in [4.69, 9.17) is 4.74 Å². The van der Waals surface area contributed by atoms with Gasteiger partial charge >= 0.3 is 5.97 Å². The van der Waals surface area contributed by atoms with E-state index in [0.29, 0.717) is 31.7 Å². The van der Waals surface area contributed by atoms with Gasteiger partial charge in [0, 0.05) is 43.8 Å². The second-order valence-corrected chi connectivity index (χ2v) is 7.74. The van der Waals surface area contributed by atoms with Crippen LogP contribution >= 0.6 is 0 Å². The third kappa shape index (κ3) is 6.11. The van der Waals surface area contributed by atoms with Gasteiger partial charge in [0.1, 0.15) is 0 Å². The Labute approximate surface area is 182 Å². The van der Waals surface area contributed by atoms with E-state index in [9.17, 15) is 14.4 Å². The fraction of sp³-hybridized carbons (Fsp3) is 0.391. The Bertz CT molecular complexity index is 930. The Hall–Kier alpha value is -3.26. The molecule has 2 aromatic rings. The van der Waals surface area contributed by atoms with Gasteiger partial charge in [0.25, 0.3) is 5.91 Å². The maximum atomic E-state index is 12.4. The highest BCUT2D eigenvalue weighted by Gasteiger charge is 2.23. The first-order chi connectivity index (χ1) is 14.8. The van der Waals surface area contributed by atoms with Gasteiger partial charge in [-0.25, -0.2) is 4.79 Å². The molecule has 1 aliphatic rings. The molecule has 1 aromatic carbocycles. The van der Waals surface area contributed by atoms with Gasteiger partial charge in [-0.3, -0.25) is 19.5 Å². The Balaban J connectivity index is 1.41. The molecular weight excluding hydrogens is 396 g/mol. The van der Waals surface area contributed by atoms with Crippen molar-refractivity contribution in [2.45, 2.75) is 20.8 Å². The summed E-state index contributed by atoms with van der Waals surface area (Å²) in [5, 5.41) is 2.99. The molecule has 8 nitrogen and oxygen atoms in total. The van der Waals surface area contributed by atoms with Crippen molar-refractivity contribution in [3.8, 4) is 0 Å². The molecule has 0 saturated carbocycles. The van der Waals surface area contributed by atoms with Crippen molar-refractivity contribution in [2.24, 2.45) is 0 Å². The molecule has 3 rings (SSSR count). The Kier molecular flexibility index (Phi) is 7.36. The summed E-state index contributed by atoms with van der Waals surface area (Å²) in [5.74, 6) is -0.881. The van der Waals surface area contributed by atoms with E-state index >= 15 is 0 Å². The van der Waals surface area contributed by atoms with Crippen LogP contribution < -0.4 is 5.32 Å². The molecule has 31 heavy (non-hydrogen) atoms. The van der Waals surface area contributed by atoms with Crippen LogP contribution in [0.5, 0.6) is 0 Å². The molecule has 2 amide bonds. The number of esters is 1. The maximum absolute atomic E-state index is 12.4. The monoisotopic (exact) mass is 424 g/mol. The van der Waals surface area contributed by atoms with Crippen molar-refractivity contribution < 1.29 is 19.1 Å². The summed E-state index contributed by atoms with van der Waals surface area (Å²) in [5.41, 5.74) is 4.03. The topological polar surface area (TPSA) is 91.8 Å². The number of carbonyl (C=O) groups excluding carboxylic acids is 3. The Morgan fingerprint density at radius 3 is 2.29 bits per heavy atom. The fourth-order valence-electron chi connectivity index (χ4n) is 3.44. The number of ether oxygens (including phenoxy) is 1. The number of anilines is 1. The number of pyridine rings is 1. The number of nitrogens with one attached hydrogen (secondary N) is 1. The second kappa shape index (κ2) is 10.2. The van der Waals surface area contributed by atoms with Crippen LogP contribution in [0, 0.1) is 20.8 Å². The van der Waals surface area contributed by atoms with E-state index in [0.717, 1.165) is 22.5 Å². The zero-order valence-electron chi connectivity index (χ0n) is 18.2. The van der Waals surface area contributed by atoms with Gasteiger partial charge in [0.15, 0.2) is 6.61 Å². The molecule has 2 heterocycles. The molecule has 0 atom stereocenters. The van der Waals surface area contributed by atoms with E-state index in [1.807, 2.05) is 43.9 Å². The van der Waals surface area contributed by atoms with Crippen LogP contribution in [0.1, 0.15) is 27.2 Å². The van der Waals surface area contributed by atoms with E-state index < -0.39 is 5.97 Å². The van der Waals surface area contributed by atoms with Crippen LogP contribution in [0.25, 0.3) is 0 Å². The van der Waals surface area contributed by atoms with Crippen LogP contribution in [-0.2, 0) is 14.3 Å². The number of amides is 2. The average Bonchev–Trinajstić information content (AvgIpc) is 2.75. The lowest BCUT2D eigenvalue weighted by molar-refractivity contribution is -0.136. The summed E-state index contributed by atoms with van der Waals surface area (Å²) in [6, 6.07) is 9.24. The largest absolute Gasteiger partial charge is 0.452 e. The molecule has 0 spiro atoms. The number of piperazine rings is 1. The van der Waals surface area contributed by atoms with Gasteiger partial charge in [-0.15, -0.1) is 0 Å².